The van der Waals surface area contributed by atoms with Gasteiger partial charge in [-0.2, -0.15) is 0 Å². The minimum atomic E-state index is -2.05. The van der Waals surface area contributed by atoms with E-state index in [1.54, 1.807) is 83.1 Å². The van der Waals surface area contributed by atoms with Crippen molar-refractivity contribution in [2.24, 2.45) is 0 Å². The molecule has 2 aliphatic heterocycles. The van der Waals surface area contributed by atoms with Crippen LogP contribution in [0, 0.1) is 10.1 Å². The molecular formula is C56H90N8O22. The summed E-state index contributed by atoms with van der Waals surface area (Å²) in [5, 5.41) is 70.4. The van der Waals surface area contributed by atoms with Gasteiger partial charge in [-0.15, -0.1) is 0 Å². The predicted molar refractivity (Wildman–Crippen MR) is 303 cm³/mol. The number of carbonyl (C=O) groups excluding carboxylic acids is 7. The Kier molecular flexibility index (Phi) is 26.0. The van der Waals surface area contributed by atoms with E-state index in [-0.39, 0.29) is 57.0 Å². The molecule has 1 aromatic rings. The van der Waals surface area contributed by atoms with E-state index in [0.717, 1.165) is 4.90 Å². The number of rotatable bonds is 23. The van der Waals surface area contributed by atoms with E-state index >= 15 is 0 Å². The molecule has 2 fully saturated rings. The molecule has 4 rings (SSSR count). The second-order valence-electron chi connectivity index (χ2n) is 25.0. The molecule has 2 heterocycles. The number of amides is 7. The number of nitro benzene ring substituents is 1. The number of aliphatic hydroxyl groups excluding tert-OH is 4. The SMILES string of the molecule is C[C@@H]([C@@H](O)[C@H](OCCO)O[C@@H]1[C@@H](O)[C@H](O[C@H]2OC(CNC(=O)OCc3ccc([N+](=O)[O-])cc3)=CC[C@H]2NC(=O)C2CCCN2C(=O)OC(C)(C)C)[C@@H](NC(=O)OC(C)(C)C)C[C@H]1NC(=O)[C@@H](O)CCNC(=O)OC(C)(C)C)N(C)C(=O)OC(C)(C)C. The lowest BCUT2D eigenvalue weighted by Gasteiger charge is -2.48. The zero-order valence-electron chi connectivity index (χ0n) is 51.6. The zero-order valence-corrected chi connectivity index (χ0v) is 51.6. The van der Waals surface area contributed by atoms with Gasteiger partial charge in [0.05, 0.1) is 48.8 Å². The van der Waals surface area contributed by atoms with Crippen molar-refractivity contribution in [1.29, 1.82) is 0 Å². The summed E-state index contributed by atoms with van der Waals surface area (Å²) in [7, 11) is 1.34. The smallest absolute Gasteiger partial charge is 0.410 e. The van der Waals surface area contributed by atoms with Gasteiger partial charge in [0.15, 0.2) is 6.29 Å². The van der Waals surface area contributed by atoms with Crippen LogP contribution >= 0.6 is 0 Å². The average molecular weight is 1230 g/mol. The fraction of sp³-hybridized carbons (Fsp3) is 0.732. The Morgan fingerprint density at radius 1 is 0.802 bits per heavy atom. The van der Waals surface area contributed by atoms with Gasteiger partial charge in [0.2, 0.25) is 18.1 Å². The van der Waals surface area contributed by atoms with Gasteiger partial charge in [-0.05, 0) is 146 Å². The molecule has 30 heteroatoms. The first-order valence-electron chi connectivity index (χ1n) is 28.4. The third-order valence-corrected chi connectivity index (χ3v) is 13.0. The summed E-state index contributed by atoms with van der Waals surface area (Å²) in [6, 6.07) is -0.906. The number of likely N-dealkylation sites (N-methyl/N-ethyl adjacent to an activating group) is 1. The van der Waals surface area contributed by atoms with E-state index in [2.05, 4.69) is 26.6 Å². The van der Waals surface area contributed by atoms with Gasteiger partial charge < -0.3 is 94.5 Å². The van der Waals surface area contributed by atoms with Crippen molar-refractivity contribution >= 4 is 48.0 Å². The first kappa shape index (κ1) is 71.6. The Bertz CT molecular complexity index is 2490. The van der Waals surface area contributed by atoms with E-state index in [4.69, 9.17) is 42.6 Å². The maximum atomic E-state index is 14.4. The van der Waals surface area contributed by atoms with E-state index in [9.17, 15) is 64.1 Å². The lowest BCUT2D eigenvalue weighted by molar-refractivity contribution is -0.384. The van der Waals surface area contributed by atoms with Crippen LogP contribution in [0.4, 0.5) is 29.7 Å². The third-order valence-electron chi connectivity index (χ3n) is 13.0. The summed E-state index contributed by atoms with van der Waals surface area (Å²) in [5.41, 5.74) is -3.52. The van der Waals surface area contributed by atoms with E-state index in [1.807, 2.05) is 0 Å². The average Bonchev–Trinajstić information content (AvgIpc) is 1.10. The highest BCUT2D eigenvalue weighted by atomic mass is 16.7. The molecule has 0 radical (unpaired) electrons. The van der Waals surface area contributed by atoms with Gasteiger partial charge >= 0.3 is 30.5 Å². The molecule has 0 spiro atoms. The standard InChI is InChI=1S/C56H90N8O22/c1-31(62(14)51(74)85-55(8,9)10)40(67)47(78-27-26-65)82-42-36(60-45(70)39(66)23-24-57-49(72)83-53(2,3)4)28-37(61-50(73)84-54(5,6)7)43(41(42)68)81-46-35(59-44(69)38-16-15-25-63(38)52(75)86-56(11,12)13)22-21-34(80-46)29-58-48(71)79-30-32-17-19-33(20-18-32)64(76)77/h17-21,31,35-43,46-47,65-68H,15-16,22-30H2,1-14H3,(H,57,72)(H,58,71)(H,59,69)(H,60,70)(H,61,73)/t31-,35+,36+,37-,38?,39-,40+,41+,42-,43+,46+,47+/m0/s1. The van der Waals surface area contributed by atoms with Crippen molar-refractivity contribution in [3.63, 3.8) is 0 Å². The molecule has 1 unspecified atom stereocenters. The number of non-ortho nitro benzene ring substituents is 1. The molecule has 1 aromatic carbocycles. The second kappa shape index (κ2) is 31.2. The first-order chi connectivity index (χ1) is 39.8. The molecule has 12 atom stereocenters. The number of carbonyl (C=O) groups is 7. The summed E-state index contributed by atoms with van der Waals surface area (Å²) in [5.74, 6) is -1.65. The van der Waals surface area contributed by atoms with Gasteiger partial charge in [0.1, 0.15) is 71.3 Å². The lowest BCUT2D eigenvalue weighted by atomic mass is 9.83. The van der Waals surface area contributed by atoms with Crippen LogP contribution in [0.1, 0.15) is 128 Å². The van der Waals surface area contributed by atoms with E-state index < -0.39 is 163 Å². The third kappa shape index (κ3) is 23.5. The molecule has 9 N–H and O–H groups in total. The van der Waals surface area contributed by atoms with E-state index in [0.29, 0.717) is 12.0 Å². The topological polar surface area (TPSA) is 393 Å². The van der Waals surface area contributed by atoms with Gasteiger partial charge in [-0.1, -0.05) is 0 Å². The van der Waals surface area contributed by atoms with Crippen LogP contribution in [-0.2, 0) is 58.8 Å². The molecule has 86 heavy (non-hydrogen) atoms. The van der Waals surface area contributed by atoms with Crippen molar-refractivity contribution in [2.75, 3.05) is 39.9 Å². The molecule has 7 amide bonds. The van der Waals surface area contributed by atoms with Crippen molar-refractivity contribution in [2.45, 2.75) is 224 Å². The number of benzene rings is 1. The molecule has 1 saturated carbocycles. The summed E-state index contributed by atoms with van der Waals surface area (Å²) in [6.45, 7) is 19.3. The maximum Gasteiger partial charge on any atom is 0.410 e. The molecule has 30 nitrogen and oxygen atoms in total. The number of aliphatic hydroxyl groups is 4. The van der Waals surface area contributed by atoms with Gasteiger partial charge in [-0.3, -0.25) is 24.6 Å². The minimum Gasteiger partial charge on any atom is -0.465 e. The Labute approximate surface area is 500 Å². The minimum absolute atomic E-state index is 0.0442. The number of nitrogens with zero attached hydrogens (tertiary/aromatic N) is 3. The van der Waals surface area contributed by atoms with Crippen LogP contribution < -0.4 is 26.6 Å². The number of alkyl carbamates (subject to hydrolysis) is 3. The van der Waals surface area contributed by atoms with E-state index in [1.165, 1.54) is 49.2 Å². The Balaban J connectivity index is 1.79. The molecule has 0 bridgehead atoms. The molecular weight excluding hydrogens is 1140 g/mol. The molecule has 1 aliphatic carbocycles. The Hall–Kier alpha value is -6.83. The Morgan fingerprint density at radius 3 is 2.00 bits per heavy atom. The summed E-state index contributed by atoms with van der Waals surface area (Å²) < 4.78 is 52.7. The lowest BCUT2D eigenvalue weighted by Crippen LogP contribution is -2.68. The first-order valence-corrected chi connectivity index (χ1v) is 28.4. The fourth-order valence-electron chi connectivity index (χ4n) is 8.93. The number of ether oxygens (including phenoxy) is 9. The number of hydrogen-bond acceptors (Lipinski definition) is 22. The van der Waals surface area contributed by atoms with Crippen molar-refractivity contribution < 1.29 is 102 Å². The van der Waals surface area contributed by atoms with Gasteiger partial charge in [0, 0.05) is 32.3 Å². The molecule has 3 aliphatic rings. The molecule has 1 saturated heterocycles. The highest BCUT2D eigenvalue weighted by Crippen LogP contribution is 2.33. The number of hydrogen-bond donors (Lipinski definition) is 9. The summed E-state index contributed by atoms with van der Waals surface area (Å²) in [6.07, 6.45) is -15.7. The predicted octanol–water partition coefficient (Wildman–Crippen LogP) is 3.48. The van der Waals surface area contributed by atoms with Crippen LogP contribution in [0.5, 0.6) is 0 Å². The Morgan fingerprint density at radius 2 is 1.41 bits per heavy atom. The van der Waals surface area contributed by atoms with Crippen LogP contribution in [0.15, 0.2) is 36.1 Å². The van der Waals surface area contributed by atoms with Crippen molar-refractivity contribution in [3.8, 4) is 0 Å². The van der Waals surface area contributed by atoms with Crippen LogP contribution in [0.2, 0.25) is 0 Å². The summed E-state index contributed by atoms with van der Waals surface area (Å²) >= 11 is 0. The second-order valence-corrected chi connectivity index (χ2v) is 25.0. The monoisotopic (exact) mass is 1230 g/mol. The maximum absolute atomic E-state index is 14.4. The van der Waals surface area contributed by atoms with Crippen LogP contribution in [0.25, 0.3) is 0 Å². The highest BCUT2D eigenvalue weighted by Gasteiger charge is 2.52. The van der Waals surface area contributed by atoms with Gasteiger partial charge in [0.25, 0.3) is 5.69 Å². The van der Waals surface area contributed by atoms with Gasteiger partial charge in [-0.25, -0.2) is 24.0 Å². The van der Waals surface area contributed by atoms with Crippen LogP contribution in [0.3, 0.4) is 0 Å². The largest absolute Gasteiger partial charge is 0.465 e. The summed E-state index contributed by atoms with van der Waals surface area (Å²) in [4.78, 5) is 107. The van der Waals surface area contributed by atoms with Crippen LogP contribution in [-0.4, -0.2) is 213 Å². The normalized spacial score (nSPS) is 23.1. The molecule has 486 valence electrons. The zero-order chi connectivity index (χ0) is 64.6. The quantitative estimate of drug-likeness (QED) is 0.0328. The molecule has 0 aromatic heterocycles. The van der Waals surface area contributed by atoms with Crippen molar-refractivity contribution in [1.82, 2.24) is 36.4 Å². The van der Waals surface area contributed by atoms with Crippen molar-refractivity contribution in [3.05, 3.63) is 51.8 Å². The number of nitrogens with one attached hydrogen (secondary N) is 5. The number of likely N-dealkylation sites (tertiary alicyclic amines) is 1. The fourth-order valence-corrected chi connectivity index (χ4v) is 8.93. The number of nitro groups is 1. The highest BCUT2D eigenvalue weighted by molar-refractivity contribution is 5.86.